The molecule has 0 saturated carbocycles. The lowest BCUT2D eigenvalue weighted by Gasteiger charge is -2.12. The van der Waals surface area contributed by atoms with Crippen LogP contribution in [-0.4, -0.2) is 23.0 Å². The van der Waals surface area contributed by atoms with E-state index in [2.05, 4.69) is 9.97 Å². The molecule has 0 bridgehead atoms. The zero-order chi connectivity index (χ0) is 12.1. The Kier molecular flexibility index (Phi) is 3.82. The van der Waals surface area contributed by atoms with Crippen LogP contribution in [0.15, 0.2) is 47.9 Å². The van der Waals surface area contributed by atoms with Gasteiger partial charge in [0.2, 0.25) is 0 Å². The molecule has 0 radical (unpaired) electrons. The number of aromatic amines is 1. The Morgan fingerprint density at radius 1 is 1.41 bits per heavy atom. The molecule has 0 aliphatic heterocycles. The molecule has 17 heavy (non-hydrogen) atoms. The number of nitrogens with one attached hydrogen (secondary N) is 1. The van der Waals surface area contributed by atoms with Crippen LogP contribution in [0, 0.1) is 0 Å². The third kappa shape index (κ3) is 2.88. The zero-order valence-corrected chi connectivity index (χ0v) is 10.1. The van der Waals surface area contributed by atoms with Crippen molar-refractivity contribution in [3.05, 3.63) is 48.3 Å². The number of imidazole rings is 1. The molecular weight excluding hydrogens is 236 g/mol. The number of H-pyrrole nitrogens is 1. The average molecular weight is 248 g/mol. The first-order valence-electron chi connectivity index (χ1n) is 5.10. The lowest BCUT2D eigenvalue weighted by molar-refractivity contribution is -0.140. The van der Waals surface area contributed by atoms with Crippen LogP contribution in [-0.2, 0) is 9.53 Å². The van der Waals surface area contributed by atoms with E-state index >= 15 is 0 Å². The minimum atomic E-state index is -0.396. The first kappa shape index (κ1) is 11.7. The number of aromatic nitrogens is 2. The maximum atomic E-state index is 11.8. The molecule has 1 N–H and O–H groups in total. The predicted molar refractivity (Wildman–Crippen MR) is 65.6 cm³/mol. The molecule has 1 aromatic heterocycles. The number of thioether (sulfide) groups is 1. The number of benzene rings is 1. The summed E-state index contributed by atoms with van der Waals surface area (Å²) in [7, 11) is 1.39. The van der Waals surface area contributed by atoms with Crippen LogP contribution in [0.1, 0.15) is 10.8 Å². The van der Waals surface area contributed by atoms with Crippen LogP contribution in [0.2, 0.25) is 0 Å². The zero-order valence-electron chi connectivity index (χ0n) is 9.29. The quantitative estimate of drug-likeness (QED) is 0.667. The Labute approximate surface area is 103 Å². The van der Waals surface area contributed by atoms with Crippen molar-refractivity contribution < 1.29 is 9.53 Å². The van der Waals surface area contributed by atoms with Crippen molar-refractivity contribution in [2.24, 2.45) is 0 Å². The number of nitrogens with zero attached hydrogens (tertiary/aromatic N) is 1. The van der Waals surface area contributed by atoms with Crippen LogP contribution >= 0.6 is 11.8 Å². The summed E-state index contributed by atoms with van der Waals surface area (Å²) < 4.78 is 4.81. The van der Waals surface area contributed by atoms with Crippen molar-refractivity contribution in [1.29, 1.82) is 0 Å². The average Bonchev–Trinajstić information content (AvgIpc) is 2.89. The fourth-order valence-electron chi connectivity index (χ4n) is 1.41. The van der Waals surface area contributed by atoms with Gasteiger partial charge in [0.05, 0.1) is 7.11 Å². The number of hydrogen-bond donors (Lipinski definition) is 1. The number of carbonyl (C=O) groups is 1. The summed E-state index contributed by atoms with van der Waals surface area (Å²) in [6.45, 7) is 0. The van der Waals surface area contributed by atoms with Gasteiger partial charge in [-0.2, -0.15) is 0 Å². The van der Waals surface area contributed by atoms with E-state index in [1.54, 1.807) is 12.4 Å². The van der Waals surface area contributed by atoms with Gasteiger partial charge in [0.1, 0.15) is 5.25 Å². The molecular formula is C12H12N2O2S. The highest BCUT2D eigenvalue weighted by Crippen LogP contribution is 2.33. The van der Waals surface area contributed by atoms with Gasteiger partial charge in [0, 0.05) is 12.4 Å². The Hall–Kier alpha value is -1.75. The summed E-state index contributed by atoms with van der Waals surface area (Å²) in [6, 6.07) is 9.51. The normalized spacial score (nSPS) is 12.1. The third-order valence-corrected chi connectivity index (χ3v) is 3.37. The summed E-state index contributed by atoms with van der Waals surface area (Å²) in [5.74, 6) is -0.280. The van der Waals surface area contributed by atoms with Crippen molar-refractivity contribution >= 4 is 17.7 Å². The molecule has 1 heterocycles. The highest BCUT2D eigenvalue weighted by atomic mass is 32.2. The van der Waals surface area contributed by atoms with E-state index in [9.17, 15) is 4.79 Å². The number of hydrogen-bond acceptors (Lipinski definition) is 4. The van der Waals surface area contributed by atoms with E-state index < -0.39 is 5.25 Å². The van der Waals surface area contributed by atoms with E-state index in [1.165, 1.54) is 18.9 Å². The molecule has 0 saturated heterocycles. The minimum absolute atomic E-state index is 0.280. The fraction of sp³-hybridized carbons (Fsp3) is 0.167. The molecule has 0 aliphatic rings. The number of carbonyl (C=O) groups excluding carboxylic acids is 1. The fourth-order valence-corrected chi connectivity index (χ4v) is 2.38. The summed E-state index contributed by atoms with van der Waals surface area (Å²) in [6.07, 6.45) is 3.38. The molecule has 88 valence electrons. The second-order valence-electron chi connectivity index (χ2n) is 3.33. The smallest absolute Gasteiger partial charge is 0.323 e. The Bertz CT molecular complexity index is 471. The van der Waals surface area contributed by atoms with Gasteiger partial charge in [-0.15, -0.1) is 0 Å². The highest BCUT2D eigenvalue weighted by molar-refractivity contribution is 8.00. The van der Waals surface area contributed by atoms with Crippen LogP contribution in [0.3, 0.4) is 0 Å². The van der Waals surface area contributed by atoms with Crippen LogP contribution < -0.4 is 0 Å². The van der Waals surface area contributed by atoms with Crippen LogP contribution in [0.4, 0.5) is 0 Å². The van der Waals surface area contributed by atoms with E-state index in [0.717, 1.165) is 5.56 Å². The summed E-state index contributed by atoms with van der Waals surface area (Å²) >= 11 is 1.34. The van der Waals surface area contributed by atoms with E-state index in [-0.39, 0.29) is 5.97 Å². The summed E-state index contributed by atoms with van der Waals surface area (Å²) in [5.41, 5.74) is 0.903. The molecule has 0 fully saturated rings. The Morgan fingerprint density at radius 2 is 2.18 bits per heavy atom. The number of rotatable bonds is 4. The minimum Gasteiger partial charge on any atom is -0.468 e. The maximum Gasteiger partial charge on any atom is 0.323 e. The third-order valence-electron chi connectivity index (χ3n) is 2.22. The van der Waals surface area contributed by atoms with E-state index in [1.807, 2.05) is 30.3 Å². The first-order chi connectivity index (χ1) is 8.31. The van der Waals surface area contributed by atoms with Gasteiger partial charge in [-0.1, -0.05) is 42.1 Å². The largest absolute Gasteiger partial charge is 0.468 e. The van der Waals surface area contributed by atoms with Gasteiger partial charge in [-0.3, -0.25) is 4.79 Å². The SMILES string of the molecule is COC(=O)C(Sc1ncc[nH]1)c1ccccc1. The van der Waals surface area contributed by atoms with Crippen molar-refractivity contribution in [2.45, 2.75) is 10.4 Å². The van der Waals surface area contributed by atoms with Crippen molar-refractivity contribution in [3.8, 4) is 0 Å². The summed E-state index contributed by atoms with van der Waals surface area (Å²) in [4.78, 5) is 18.8. The Balaban J connectivity index is 2.23. The molecule has 1 aromatic carbocycles. The predicted octanol–water partition coefficient (Wildman–Crippen LogP) is 2.42. The standard InChI is InChI=1S/C12H12N2O2S/c1-16-11(15)10(9-5-3-2-4-6-9)17-12-13-7-8-14-12/h2-8,10H,1H3,(H,13,14). The molecule has 4 nitrogen and oxygen atoms in total. The number of methoxy groups -OCH3 is 1. The van der Waals surface area contributed by atoms with Gasteiger partial charge in [0.25, 0.3) is 0 Å². The molecule has 2 rings (SSSR count). The second kappa shape index (κ2) is 5.54. The molecule has 5 heteroatoms. The van der Waals surface area contributed by atoms with Crippen molar-refractivity contribution in [1.82, 2.24) is 9.97 Å². The lowest BCUT2D eigenvalue weighted by atomic mass is 10.1. The van der Waals surface area contributed by atoms with Crippen molar-refractivity contribution in [2.75, 3.05) is 7.11 Å². The molecule has 2 aromatic rings. The summed E-state index contributed by atoms with van der Waals surface area (Å²) in [5, 5.41) is 0.302. The van der Waals surface area contributed by atoms with Crippen molar-refractivity contribution in [3.63, 3.8) is 0 Å². The van der Waals surface area contributed by atoms with Gasteiger partial charge in [0.15, 0.2) is 5.16 Å². The van der Waals surface area contributed by atoms with Crippen LogP contribution in [0.5, 0.6) is 0 Å². The molecule has 1 atom stereocenters. The molecule has 0 spiro atoms. The molecule has 0 aliphatic carbocycles. The van der Waals surface area contributed by atoms with Gasteiger partial charge < -0.3 is 9.72 Å². The molecule has 1 unspecified atom stereocenters. The van der Waals surface area contributed by atoms with Gasteiger partial charge >= 0.3 is 5.97 Å². The topological polar surface area (TPSA) is 55.0 Å². The van der Waals surface area contributed by atoms with E-state index in [4.69, 9.17) is 4.74 Å². The van der Waals surface area contributed by atoms with Gasteiger partial charge in [-0.05, 0) is 5.56 Å². The Morgan fingerprint density at radius 3 is 2.76 bits per heavy atom. The number of esters is 1. The number of ether oxygens (including phenoxy) is 1. The maximum absolute atomic E-state index is 11.8. The molecule has 0 amide bonds. The van der Waals surface area contributed by atoms with Gasteiger partial charge in [-0.25, -0.2) is 4.98 Å². The highest BCUT2D eigenvalue weighted by Gasteiger charge is 2.23. The lowest BCUT2D eigenvalue weighted by Crippen LogP contribution is -2.11. The first-order valence-corrected chi connectivity index (χ1v) is 5.98. The van der Waals surface area contributed by atoms with Crippen LogP contribution in [0.25, 0.3) is 0 Å². The second-order valence-corrected chi connectivity index (χ2v) is 4.42. The van der Waals surface area contributed by atoms with E-state index in [0.29, 0.717) is 5.16 Å². The monoisotopic (exact) mass is 248 g/mol.